The van der Waals surface area contributed by atoms with E-state index in [2.05, 4.69) is 63.6 Å². The van der Waals surface area contributed by atoms with Crippen molar-refractivity contribution in [3.8, 4) is 5.75 Å². The summed E-state index contributed by atoms with van der Waals surface area (Å²) in [5, 5.41) is 8.16. The number of hydrogen-bond donors (Lipinski definition) is 1. The molecule has 0 saturated carbocycles. The summed E-state index contributed by atoms with van der Waals surface area (Å²) in [5.74, 6) is 2.14. The summed E-state index contributed by atoms with van der Waals surface area (Å²) in [6.45, 7) is 2.83. The predicted molar refractivity (Wildman–Crippen MR) is 91.5 cm³/mol. The third-order valence-corrected chi connectivity index (χ3v) is 4.36. The molecule has 0 spiro atoms. The molecule has 116 valence electrons. The lowest BCUT2D eigenvalue weighted by molar-refractivity contribution is 0.414. The van der Waals surface area contributed by atoms with Crippen molar-refractivity contribution in [3.63, 3.8) is 0 Å². The molecule has 1 aromatic heterocycles. The van der Waals surface area contributed by atoms with Crippen LogP contribution >= 0.6 is 0 Å². The topological polar surface area (TPSA) is 39.1 Å². The summed E-state index contributed by atoms with van der Waals surface area (Å²) in [6.07, 6.45) is 0. The Morgan fingerprint density at radius 2 is 1.96 bits per heavy atom. The van der Waals surface area contributed by atoms with Gasteiger partial charge in [0.05, 0.1) is 19.3 Å². The smallest absolute Gasteiger partial charge is 0.128 e. The number of nitrogens with zero attached hydrogens (tertiary/aromatic N) is 2. The molecule has 2 heterocycles. The Kier molecular flexibility index (Phi) is 3.30. The zero-order chi connectivity index (χ0) is 15.8. The van der Waals surface area contributed by atoms with Gasteiger partial charge in [0.15, 0.2) is 0 Å². The first-order valence-corrected chi connectivity index (χ1v) is 7.79. The van der Waals surface area contributed by atoms with E-state index in [1.54, 1.807) is 7.11 Å². The van der Waals surface area contributed by atoms with Gasteiger partial charge in [0, 0.05) is 17.7 Å². The van der Waals surface area contributed by atoms with Crippen molar-refractivity contribution in [2.45, 2.75) is 19.4 Å². The number of methoxy groups -OCH3 is 1. The molecule has 0 bridgehead atoms. The van der Waals surface area contributed by atoms with Crippen molar-refractivity contribution < 1.29 is 4.74 Å². The van der Waals surface area contributed by atoms with Crippen LogP contribution in [0, 0.1) is 6.92 Å². The highest BCUT2D eigenvalue weighted by atomic mass is 16.5. The molecule has 0 radical (unpaired) electrons. The summed E-state index contributed by atoms with van der Waals surface area (Å²) < 4.78 is 7.49. The highest BCUT2D eigenvalue weighted by Gasteiger charge is 2.24. The number of anilines is 2. The van der Waals surface area contributed by atoms with Gasteiger partial charge in [-0.3, -0.25) is 0 Å². The second-order valence-electron chi connectivity index (χ2n) is 5.89. The summed E-state index contributed by atoms with van der Waals surface area (Å²) in [7, 11) is 1.71. The van der Waals surface area contributed by atoms with Gasteiger partial charge in [-0.1, -0.05) is 30.3 Å². The third kappa shape index (κ3) is 2.46. The summed E-state index contributed by atoms with van der Waals surface area (Å²) in [4.78, 5) is 0. The van der Waals surface area contributed by atoms with E-state index < -0.39 is 0 Å². The number of aromatic nitrogens is 2. The second-order valence-corrected chi connectivity index (χ2v) is 5.89. The van der Waals surface area contributed by atoms with Crippen LogP contribution in [0.2, 0.25) is 0 Å². The molecule has 3 aromatic rings. The lowest BCUT2D eigenvalue weighted by atomic mass is 9.90. The van der Waals surface area contributed by atoms with Crippen LogP contribution in [0.3, 0.4) is 0 Å². The van der Waals surface area contributed by atoms with Crippen molar-refractivity contribution in [1.82, 2.24) is 9.78 Å². The Balaban J connectivity index is 1.89. The minimum atomic E-state index is 0.231. The Hall–Kier alpha value is -2.75. The third-order valence-electron chi connectivity index (χ3n) is 4.36. The van der Waals surface area contributed by atoms with Crippen LogP contribution in [0.25, 0.3) is 0 Å². The van der Waals surface area contributed by atoms with Gasteiger partial charge in [0.2, 0.25) is 0 Å². The zero-order valence-electron chi connectivity index (χ0n) is 13.3. The lowest BCUT2D eigenvalue weighted by Gasteiger charge is -2.19. The molecule has 4 rings (SSSR count). The van der Waals surface area contributed by atoms with E-state index in [0.29, 0.717) is 0 Å². The summed E-state index contributed by atoms with van der Waals surface area (Å²) in [5.41, 5.74) is 4.65. The highest BCUT2D eigenvalue weighted by molar-refractivity contribution is 5.66. The molecular formula is C19H19N3O. The van der Waals surface area contributed by atoms with Crippen LogP contribution in [0.1, 0.15) is 22.7 Å². The van der Waals surface area contributed by atoms with Crippen molar-refractivity contribution in [2.75, 3.05) is 12.4 Å². The van der Waals surface area contributed by atoms with Crippen LogP contribution in [-0.4, -0.2) is 16.9 Å². The molecule has 2 aromatic carbocycles. The largest absolute Gasteiger partial charge is 0.497 e. The van der Waals surface area contributed by atoms with Crippen molar-refractivity contribution in [1.29, 1.82) is 0 Å². The van der Waals surface area contributed by atoms with Gasteiger partial charge in [-0.15, -0.1) is 0 Å². The number of fused-ring (bicyclic) bond motifs is 2. The fraction of sp³-hybridized carbons (Fsp3) is 0.211. The van der Waals surface area contributed by atoms with Gasteiger partial charge in [-0.2, -0.15) is 5.10 Å². The molecule has 1 atom stereocenters. The molecular weight excluding hydrogens is 286 g/mol. The van der Waals surface area contributed by atoms with Gasteiger partial charge < -0.3 is 10.1 Å². The molecule has 0 fully saturated rings. The van der Waals surface area contributed by atoms with Crippen LogP contribution in [0.4, 0.5) is 11.5 Å². The average Bonchev–Trinajstić information content (AvgIpc) is 2.85. The first-order chi connectivity index (χ1) is 11.2. The average molecular weight is 305 g/mol. The van der Waals surface area contributed by atoms with E-state index in [9.17, 15) is 0 Å². The fourth-order valence-electron chi connectivity index (χ4n) is 3.23. The quantitative estimate of drug-likeness (QED) is 0.775. The molecule has 0 aliphatic carbocycles. The SMILES string of the molecule is COc1ccc2c(c1)C(c1ccccc1)Cn1nc(C)cc1N2. The second kappa shape index (κ2) is 5.47. The highest BCUT2D eigenvalue weighted by Crippen LogP contribution is 2.38. The van der Waals surface area contributed by atoms with Gasteiger partial charge >= 0.3 is 0 Å². The standard InChI is InChI=1S/C19H19N3O/c1-13-10-19-20-18-9-8-15(23-2)11-16(18)17(12-22(19)21-13)14-6-4-3-5-7-14/h3-11,17,20H,12H2,1-2H3. The minimum absolute atomic E-state index is 0.231. The van der Waals surface area contributed by atoms with Gasteiger partial charge in [0.1, 0.15) is 11.6 Å². The van der Waals surface area contributed by atoms with Gasteiger partial charge in [-0.05, 0) is 36.2 Å². The van der Waals surface area contributed by atoms with Gasteiger partial charge in [0.25, 0.3) is 0 Å². The number of ether oxygens (including phenoxy) is 1. The molecule has 4 nitrogen and oxygen atoms in total. The minimum Gasteiger partial charge on any atom is -0.497 e. The van der Waals surface area contributed by atoms with Crippen LogP contribution in [-0.2, 0) is 6.54 Å². The predicted octanol–water partition coefficient (Wildman–Crippen LogP) is 4.09. The molecule has 1 aliphatic rings. The maximum atomic E-state index is 5.43. The van der Waals surface area contributed by atoms with Crippen LogP contribution in [0.15, 0.2) is 54.6 Å². The van der Waals surface area contributed by atoms with Crippen molar-refractivity contribution in [2.24, 2.45) is 0 Å². The number of rotatable bonds is 2. The molecule has 4 heteroatoms. The summed E-state index contributed by atoms with van der Waals surface area (Å²) in [6, 6.07) is 18.9. The number of hydrogen-bond acceptors (Lipinski definition) is 3. The Bertz CT molecular complexity index is 839. The van der Waals surface area contributed by atoms with Gasteiger partial charge in [-0.25, -0.2) is 4.68 Å². The van der Waals surface area contributed by atoms with E-state index >= 15 is 0 Å². The van der Waals surface area contributed by atoms with Crippen molar-refractivity contribution in [3.05, 3.63) is 71.4 Å². The van der Waals surface area contributed by atoms with E-state index in [1.807, 2.05) is 13.0 Å². The first kappa shape index (κ1) is 13.9. The number of nitrogens with one attached hydrogen (secondary N) is 1. The normalized spacial score (nSPS) is 16.0. The lowest BCUT2D eigenvalue weighted by Crippen LogP contribution is -2.10. The van der Waals surface area contributed by atoms with Crippen LogP contribution < -0.4 is 10.1 Å². The van der Waals surface area contributed by atoms with E-state index in [1.165, 1.54) is 11.1 Å². The Labute approximate surface area is 135 Å². The zero-order valence-corrected chi connectivity index (χ0v) is 13.3. The number of benzene rings is 2. The first-order valence-electron chi connectivity index (χ1n) is 7.79. The van der Waals surface area contributed by atoms with E-state index in [-0.39, 0.29) is 5.92 Å². The molecule has 1 N–H and O–H groups in total. The van der Waals surface area contributed by atoms with Crippen molar-refractivity contribution >= 4 is 11.5 Å². The molecule has 1 unspecified atom stereocenters. The van der Waals surface area contributed by atoms with E-state index in [4.69, 9.17) is 4.74 Å². The van der Waals surface area contributed by atoms with E-state index in [0.717, 1.165) is 29.5 Å². The Morgan fingerprint density at radius 1 is 1.13 bits per heavy atom. The fourth-order valence-corrected chi connectivity index (χ4v) is 3.23. The monoisotopic (exact) mass is 305 g/mol. The molecule has 0 amide bonds. The Morgan fingerprint density at radius 3 is 2.74 bits per heavy atom. The maximum absolute atomic E-state index is 5.43. The maximum Gasteiger partial charge on any atom is 0.128 e. The molecule has 0 saturated heterocycles. The summed E-state index contributed by atoms with van der Waals surface area (Å²) >= 11 is 0. The number of aryl methyl sites for hydroxylation is 1. The molecule has 23 heavy (non-hydrogen) atoms. The molecule has 1 aliphatic heterocycles. The van der Waals surface area contributed by atoms with Crippen LogP contribution in [0.5, 0.6) is 5.75 Å².